The SMILES string of the molecule is Cc1cc(F)ccc1-n1cc(O)c(C(=O)N2CCCC2c2cccc3c2OCCO3)n1. The number of nitrogens with zero attached hydrogens (tertiary/aromatic N) is 3. The molecule has 1 saturated heterocycles. The molecule has 3 heterocycles. The highest BCUT2D eigenvalue weighted by molar-refractivity contribution is 5.95. The summed E-state index contributed by atoms with van der Waals surface area (Å²) in [5.41, 5.74) is 2.11. The molecule has 0 spiro atoms. The number of para-hydroxylation sites is 1. The Balaban J connectivity index is 1.47. The molecule has 1 N–H and O–H groups in total. The van der Waals surface area contributed by atoms with Crippen molar-refractivity contribution in [1.82, 2.24) is 14.7 Å². The van der Waals surface area contributed by atoms with E-state index in [-0.39, 0.29) is 29.2 Å². The standard InChI is InChI=1S/C23H22FN3O4/c1-14-12-15(24)7-8-17(14)27-13-19(28)21(25-27)23(29)26-9-3-5-18(26)16-4-2-6-20-22(16)31-11-10-30-20/h2,4,6-8,12-13,18,28H,3,5,9-11H2,1H3. The largest absolute Gasteiger partial charge is 0.504 e. The number of fused-ring (bicyclic) bond motifs is 1. The van der Waals surface area contributed by atoms with Gasteiger partial charge >= 0.3 is 0 Å². The second kappa shape index (κ2) is 7.61. The maximum Gasteiger partial charge on any atom is 0.278 e. The zero-order valence-corrected chi connectivity index (χ0v) is 17.0. The Labute approximate surface area is 178 Å². The predicted octanol–water partition coefficient (Wildman–Crippen LogP) is 3.77. The van der Waals surface area contributed by atoms with Crippen molar-refractivity contribution < 1.29 is 23.8 Å². The molecule has 1 amide bonds. The van der Waals surface area contributed by atoms with Crippen LogP contribution in [0.5, 0.6) is 17.2 Å². The Hall–Kier alpha value is -3.55. The molecule has 1 fully saturated rings. The van der Waals surface area contributed by atoms with Gasteiger partial charge in [0.2, 0.25) is 0 Å². The first-order valence-corrected chi connectivity index (χ1v) is 10.3. The van der Waals surface area contributed by atoms with Crippen LogP contribution in [0.4, 0.5) is 4.39 Å². The summed E-state index contributed by atoms with van der Waals surface area (Å²) in [5.74, 6) is 0.435. The van der Waals surface area contributed by atoms with E-state index >= 15 is 0 Å². The highest BCUT2D eigenvalue weighted by atomic mass is 19.1. The van der Waals surface area contributed by atoms with Crippen LogP contribution in [0.15, 0.2) is 42.6 Å². The number of aromatic nitrogens is 2. The van der Waals surface area contributed by atoms with Crippen LogP contribution in [0.25, 0.3) is 5.69 Å². The zero-order valence-electron chi connectivity index (χ0n) is 17.0. The lowest BCUT2D eigenvalue weighted by molar-refractivity contribution is 0.0721. The van der Waals surface area contributed by atoms with Crippen molar-refractivity contribution in [2.24, 2.45) is 0 Å². The van der Waals surface area contributed by atoms with Crippen molar-refractivity contribution in [1.29, 1.82) is 0 Å². The van der Waals surface area contributed by atoms with E-state index in [4.69, 9.17) is 9.47 Å². The molecule has 2 aliphatic heterocycles. The molecular weight excluding hydrogens is 401 g/mol. The van der Waals surface area contributed by atoms with Gasteiger partial charge in [0.25, 0.3) is 5.91 Å². The summed E-state index contributed by atoms with van der Waals surface area (Å²) in [6, 6.07) is 9.78. The van der Waals surface area contributed by atoms with E-state index in [0.717, 1.165) is 18.4 Å². The van der Waals surface area contributed by atoms with Gasteiger partial charge in [-0.25, -0.2) is 9.07 Å². The maximum absolute atomic E-state index is 13.4. The van der Waals surface area contributed by atoms with Gasteiger partial charge in [-0.15, -0.1) is 0 Å². The van der Waals surface area contributed by atoms with Gasteiger partial charge < -0.3 is 19.5 Å². The second-order valence-corrected chi connectivity index (χ2v) is 7.77. The monoisotopic (exact) mass is 423 g/mol. The minimum absolute atomic E-state index is 0.0300. The van der Waals surface area contributed by atoms with E-state index in [1.165, 1.54) is 23.0 Å². The van der Waals surface area contributed by atoms with Crippen LogP contribution in [-0.2, 0) is 0 Å². The van der Waals surface area contributed by atoms with Crippen molar-refractivity contribution in [3.8, 4) is 22.9 Å². The van der Waals surface area contributed by atoms with Gasteiger partial charge in [0.15, 0.2) is 22.9 Å². The van der Waals surface area contributed by atoms with Crippen LogP contribution in [0.1, 0.15) is 40.5 Å². The Morgan fingerprint density at radius 1 is 1.23 bits per heavy atom. The third-order valence-electron chi connectivity index (χ3n) is 5.77. The first kappa shape index (κ1) is 19.4. The summed E-state index contributed by atoms with van der Waals surface area (Å²) in [6.07, 6.45) is 2.99. The molecule has 1 atom stereocenters. The molecular formula is C23H22FN3O4. The predicted molar refractivity (Wildman–Crippen MR) is 110 cm³/mol. The molecule has 1 unspecified atom stereocenters. The molecule has 2 aliphatic rings. The van der Waals surface area contributed by atoms with Gasteiger partial charge in [0.05, 0.1) is 17.9 Å². The summed E-state index contributed by atoms with van der Waals surface area (Å²) >= 11 is 0. The average molecular weight is 423 g/mol. The van der Waals surface area contributed by atoms with Crippen LogP contribution in [0.2, 0.25) is 0 Å². The molecule has 3 aromatic rings. The summed E-state index contributed by atoms with van der Waals surface area (Å²) in [6.45, 7) is 3.26. The molecule has 0 bridgehead atoms. The number of aromatic hydroxyl groups is 1. The summed E-state index contributed by atoms with van der Waals surface area (Å²) in [4.78, 5) is 15.1. The first-order valence-electron chi connectivity index (χ1n) is 10.3. The van der Waals surface area contributed by atoms with E-state index in [9.17, 15) is 14.3 Å². The first-order chi connectivity index (χ1) is 15.0. The van der Waals surface area contributed by atoms with Crippen LogP contribution < -0.4 is 9.47 Å². The highest BCUT2D eigenvalue weighted by Crippen LogP contribution is 2.43. The Morgan fingerprint density at radius 2 is 2.06 bits per heavy atom. The summed E-state index contributed by atoms with van der Waals surface area (Å²) < 4.78 is 26.4. The maximum atomic E-state index is 13.4. The topological polar surface area (TPSA) is 76.8 Å². The van der Waals surface area contributed by atoms with Gasteiger partial charge in [0.1, 0.15) is 19.0 Å². The molecule has 2 aromatic carbocycles. The number of halogens is 1. The third kappa shape index (κ3) is 3.37. The fourth-order valence-corrected chi connectivity index (χ4v) is 4.34. The minimum Gasteiger partial charge on any atom is -0.504 e. The van der Waals surface area contributed by atoms with Crippen molar-refractivity contribution in [3.63, 3.8) is 0 Å². The van der Waals surface area contributed by atoms with Gasteiger partial charge in [0, 0.05) is 12.1 Å². The number of ether oxygens (including phenoxy) is 2. The molecule has 160 valence electrons. The molecule has 31 heavy (non-hydrogen) atoms. The van der Waals surface area contributed by atoms with Crippen molar-refractivity contribution in [2.45, 2.75) is 25.8 Å². The van der Waals surface area contributed by atoms with Crippen molar-refractivity contribution in [3.05, 3.63) is 65.2 Å². The van der Waals surface area contributed by atoms with Gasteiger partial charge in [-0.2, -0.15) is 5.10 Å². The summed E-state index contributed by atoms with van der Waals surface area (Å²) in [7, 11) is 0. The number of carbonyl (C=O) groups excluding carboxylic acids is 1. The number of amides is 1. The number of likely N-dealkylation sites (tertiary alicyclic amines) is 1. The quantitative estimate of drug-likeness (QED) is 0.694. The van der Waals surface area contributed by atoms with E-state index < -0.39 is 0 Å². The van der Waals surface area contributed by atoms with Crippen LogP contribution in [-0.4, -0.2) is 45.5 Å². The number of benzene rings is 2. The smallest absolute Gasteiger partial charge is 0.278 e. The zero-order chi connectivity index (χ0) is 21.5. The third-order valence-corrected chi connectivity index (χ3v) is 5.77. The van der Waals surface area contributed by atoms with E-state index in [2.05, 4.69) is 5.10 Å². The van der Waals surface area contributed by atoms with Crippen molar-refractivity contribution in [2.75, 3.05) is 19.8 Å². The lowest BCUT2D eigenvalue weighted by Crippen LogP contribution is -2.31. The lowest BCUT2D eigenvalue weighted by Gasteiger charge is -2.28. The van der Waals surface area contributed by atoms with Crippen LogP contribution >= 0.6 is 0 Å². The van der Waals surface area contributed by atoms with Crippen LogP contribution in [0.3, 0.4) is 0 Å². The van der Waals surface area contributed by atoms with Gasteiger partial charge in [-0.3, -0.25) is 4.79 Å². The van der Waals surface area contributed by atoms with Gasteiger partial charge in [-0.05, 0) is 49.6 Å². The normalized spacial score (nSPS) is 17.7. The minimum atomic E-state index is -0.355. The Morgan fingerprint density at radius 3 is 2.90 bits per heavy atom. The number of rotatable bonds is 3. The summed E-state index contributed by atoms with van der Waals surface area (Å²) in [5, 5.41) is 14.8. The fraction of sp³-hybridized carbons (Fsp3) is 0.304. The molecule has 8 heteroatoms. The fourth-order valence-electron chi connectivity index (χ4n) is 4.34. The Bertz CT molecular complexity index is 1160. The molecule has 1 aromatic heterocycles. The molecule has 0 saturated carbocycles. The van der Waals surface area contributed by atoms with E-state index in [1.807, 2.05) is 18.2 Å². The Kier molecular flexibility index (Phi) is 4.77. The highest BCUT2D eigenvalue weighted by Gasteiger charge is 2.36. The van der Waals surface area contributed by atoms with Crippen LogP contribution in [0, 0.1) is 12.7 Å². The van der Waals surface area contributed by atoms with Gasteiger partial charge in [-0.1, -0.05) is 12.1 Å². The van der Waals surface area contributed by atoms with E-state index in [0.29, 0.717) is 42.5 Å². The lowest BCUT2D eigenvalue weighted by atomic mass is 10.0. The van der Waals surface area contributed by atoms with E-state index in [1.54, 1.807) is 17.9 Å². The number of aryl methyl sites for hydroxylation is 1. The van der Waals surface area contributed by atoms with Crippen molar-refractivity contribution >= 4 is 5.91 Å². The molecule has 0 radical (unpaired) electrons. The molecule has 5 rings (SSSR count). The molecule has 0 aliphatic carbocycles. The molecule has 7 nitrogen and oxygen atoms in total. The number of hydrogen-bond acceptors (Lipinski definition) is 5. The number of hydrogen-bond donors (Lipinski definition) is 1. The average Bonchev–Trinajstić information content (AvgIpc) is 3.40. The number of carbonyl (C=O) groups is 1. The second-order valence-electron chi connectivity index (χ2n) is 7.77.